The van der Waals surface area contributed by atoms with Crippen LogP contribution >= 0.6 is 0 Å². The van der Waals surface area contributed by atoms with Crippen molar-refractivity contribution in [1.29, 1.82) is 0 Å². The molecule has 0 aromatic heterocycles. The van der Waals surface area contributed by atoms with E-state index in [9.17, 15) is 13.2 Å². The zero-order valence-corrected chi connectivity index (χ0v) is 9.26. The van der Waals surface area contributed by atoms with Gasteiger partial charge in [-0.3, -0.25) is 0 Å². The first-order chi connectivity index (χ1) is 8.15. The Morgan fingerprint density at radius 2 is 2.12 bits per heavy atom. The molecule has 2 rings (SSSR count). The Balaban J connectivity index is 1.93. The van der Waals surface area contributed by atoms with Gasteiger partial charge in [-0.2, -0.15) is 8.78 Å². The van der Waals surface area contributed by atoms with E-state index in [0.717, 1.165) is 18.9 Å². The fourth-order valence-corrected chi connectivity index (χ4v) is 1.71. The molecular weight excluding hydrogens is 231 g/mol. The molecule has 0 atom stereocenters. The van der Waals surface area contributed by atoms with Crippen molar-refractivity contribution in [2.24, 2.45) is 0 Å². The van der Waals surface area contributed by atoms with E-state index in [1.165, 1.54) is 18.6 Å². The summed E-state index contributed by atoms with van der Waals surface area (Å²) in [6, 6.07) is 4.28. The maximum absolute atomic E-state index is 13.5. The highest BCUT2D eigenvalue weighted by Gasteiger charge is 2.17. The molecule has 0 aliphatic heterocycles. The maximum atomic E-state index is 13.5. The highest BCUT2D eigenvalue weighted by Crippen LogP contribution is 2.21. The third kappa shape index (κ3) is 3.36. The van der Waals surface area contributed by atoms with Gasteiger partial charge in [-0.15, -0.1) is 0 Å². The van der Waals surface area contributed by atoms with Gasteiger partial charge in [-0.25, -0.2) is 4.39 Å². The van der Waals surface area contributed by atoms with Gasteiger partial charge >= 0.3 is 6.61 Å². The molecular formula is C12H14F3NO. The van der Waals surface area contributed by atoms with Crippen LogP contribution in [0.25, 0.3) is 0 Å². The molecule has 0 spiro atoms. The molecule has 0 saturated heterocycles. The van der Waals surface area contributed by atoms with Gasteiger partial charge in [0.1, 0.15) is 11.6 Å². The number of ether oxygens (including phenoxy) is 1. The minimum absolute atomic E-state index is 0.148. The lowest BCUT2D eigenvalue weighted by atomic mass is 9.93. The number of nitrogens with one attached hydrogen (secondary N) is 1. The van der Waals surface area contributed by atoms with Gasteiger partial charge in [0.25, 0.3) is 0 Å². The smallest absolute Gasteiger partial charge is 0.387 e. The number of alkyl halides is 2. The van der Waals surface area contributed by atoms with Crippen molar-refractivity contribution >= 4 is 0 Å². The van der Waals surface area contributed by atoms with Crippen LogP contribution in [-0.2, 0) is 6.54 Å². The first-order valence-corrected chi connectivity index (χ1v) is 5.62. The van der Waals surface area contributed by atoms with Crippen LogP contribution in [0.5, 0.6) is 5.75 Å². The van der Waals surface area contributed by atoms with Crippen LogP contribution in [0.1, 0.15) is 24.8 Å². The topological polar surface area (TPSA) is 21.3 Å². The standard InChI is InChI=1S/C12H14F3NO/c13-11-6-10(17-12(14)15)5-4-8(11)7-16-9-2-1-3-9/h4-6,9,12,16H,1-3,7H2. The van der Waals surface area contributed by atoms with Gasteiger partial charge in [-0.1, -0.05) is 12.5 Å². The highest BCUT2D eigenvalue weighted by molar-refractivity contribution is 5.29. The van der Waals surface area contributed by atoms with Crippen LogP contribution in [0, 0.1) is 5.82 Å². The third-order valence-corrected chi connectivity index (χ3v) is 2.94. The van der Waals surface area contributed by atoms with Crippen molar-refractivity contribution in [2.75, 3.05) is 0 Å². The first kappa shape index (κ1) is 12.2. The molecule has 1 aromatic rings. The van der Waals surface area contributed by atoms with E-state index in [-0.39, 0.29) is 5.75 Å². The summed E-state index contributed by atoms with van der Waals surface area (Å²) >= 11 is 0. The Morgan fingerprint density at radius 3 is 2.65 bits per heavy atom. The summed E-state index contributed by atoms with van der Waals surface area (Å²) in [5, 5.41) is 3.21. The Bertz CT molecular complexity index is 380. The van der Waals surface area contributed by atoms with Crippen LogP contribution < -0.4 is 10.1 Å². The van der Waals surface area contributed by atoms with Crippen molar-refractivity contribution in [1.82, 2.24) is 5.32 Å². The number of hydrogen-bond acceptors (Lipinski definition) is 2. The first-order valence-electron chi connectivity index (χ1n) is 5.62. The fourth-order valence-electron chi connectivity index (χ4n) is 1.71. The summed E-state index contributed by atoms with van der Waals surface area (Å²) in [5.41, 5.74) is 0.471. The average Bonchev–Trinajstić information content (AvgIpc) is 2.17. The van der Waals surface area contributed by atoms with E-state index in [1.54, 1.807) is 0 Å². The molecule has 0 unspecified atom stereocenters. The molecule has 17 heavy (non-hydrogen) atoms. The molecule has 1 N–H and O–H groups in total. The molecule has 1 aliphatic carbocycles. The summed E-state index contributed by atoms with van der Waals surface area (Å²) < 4.78 is 41.4. The molecule has 0 amide bonds. The molecule has 0 radical (unpaired) electrons. The fraction of sp³-hybridized carbons (Fsp3) is 0.500. The van der Waals surface area contributed by atoms with E-state index < -0.39 is 12.4 Å². The minimum atomic E-state index is -2.92. The molecule has 2 nitrogen and oxygen atoms in total. The van der Waals surface area contributed by atoms with Crippen LogP contribution in [-0.4, -0.2) is 12.7 Å². The third-order valence-electron chi connectivity index (χ3n) is 2.94. The molecule has 0 heterocycles. The number of hydrogen-bond donors (Lipinski definition) is 1. The van der Waals surface area contributed by atoms with Crippen LogP contribution in [0.4, 0.5) is 13.2 Å². The summed E-state index contributed by atoms with van der Waals surface area (Å²) in [6.07, 6.45) is 3.45. The Labute approximate surface area is 97.8 Å². The Kier molecular flexibility index (Phi) is 3.89. The van der Waals surface area contributed by atoms with Crippen molar-refractivity contribution in [3.63, 3.8) is 0 Å². The number of rotatable bonds is 5. The average molecular weight is 245 g/mol. The molecule has 5 heteroatoms. The summed E-state index contributed by atoms with van der Waals surface area (Å²) in [6.45, 7) is -2.50. The van der Waals surface area contributed by atoms with Gasteiger partial charge in [0.2, 0.25) is 0 Å². The number of halogens is 3. The normalized spacial score (nSPS) is 16.0. The molecule has 0 bridgehead atoms. The van der Waals surface area contributed by atoms with Gasteiger partial charge in [-0.05, 0) is 18.9 Å². The monoisotopic (exact) mass is 245 g/mol. The van der Waals surface area contributed by atoms with E-state index in [4.69, 9.17) is 0 Å². The van der Waals surface area contributed by atoms with Crippen molar-refractivity contribution in [3.05, 3.63) is 29.6 Å². The zero-order chi connectivity index (χ0) is 12.3. The van der Waals surface area contributed by atoms with Crippen molar-refractivity contribution in [2.45, 2.75) is 38.5 Å². The number of benzene rings is 1. The van der Waals surface area contributed by atoms with Gasteiger partial charge in [0.05, 0.1) is 0 Å². The molecule has 1 saturated carbocycles. The van der Waals surface area contributed by atoms with Gasteiger partial charge < -0.3 is 10.1 Å². The predicted octanol–water partition coefficient (Wildman–Crippen LogP) is 3.07. The molecule has 1 aliphatic rings. The summed E-state index contributed by atoms with van der Waals surface area (Å²) in [4.78, 5) is 0. The van der Waals surface area contributed by atoms with Crippen molar-refractivity contribution < 1.29 is 17.9 Å². The predicted molar refractivity (Wildman–Crippen MR) is 57.5 cm³/mol. The lowest BCUT2D eigenvalue weighted by molar-refractivity contribution is -0.0500. The maximum Gasteiger partial charge on any atom is 0.387 e. The van der Waals surface area contributed by atoms with E-state index in [0.29, 0.717) is 18.2 Å². The van der Waals surface area contributed by atoms with Crippen LogP contribution in [0.3, 0.4) is 0 Å². The van der Waals surface area contributed by atoms with E-state index >= 15 is 0 Å². The molecule has 94 valence electrons. The highest BCUT2D eigenvalue weighted by atomic mass is 19.3. The Hall–Kier alpha value is -1.23. The SMILES string of the molecule is Fc1cc(OC(F)F)ccc1CNC1CCC1. The second-order valence-electron chi connectivity index (χ2n) is 4.14. The van der Waals surface area contributed by atoms with E-state index in [2.05, 4.69) is 10.1 Å². The summed E-state index contributed by atoms with van der Waals surface area (Å²) in [7, 11) is 0. The largest absolute Gasteiger partial charge is 0.435 e. The molecule has 1 aromatic carbocycles. The zero-order valence-electron chi connectivity index (χ0n) is 9.26. The van der Waals surface area contributed by atoms with Gasteiger partial charge in [0.15, 0.2) is 0 Å². The van der Waals surface area contributed by atoms with Crippen molar-refractivity contribution in [3.8, 4) is 5.75 Å². The quantitative estimate of drug-likeness (QED) is 0.860. The molecule has 1 fully saturated rings. The second-order valence-corrected chi connectivity index (χ2v) is 4.14. The second kappa shape index (κ2) is 5.40. The van der Waals surface area contributed by atoms with Crippen LogP contribution in [0.15, 0.2) is 18.2 Å². The lowest BCUT2D eigenvalue weighted by Gasteiger charge is -2.26. The summed E-state index contributed by atoms with van der Waals surface area (Å²) in [5.74, 6) is -0.667. The van der Waals surface area contributed by atoms with Gasteiger partial charge in [0, 0.05) is 24.2 Å². The van der Waals surface area contributed by atoms with E-state index in [1.807, 2.05) is 0 Å². The minimum Gasteiger partial charge on any atom is -0.435 e. The lowest BCUT2D eigenvalue weighted by Crippen LogP contribution is -2.34. The Morgan fingerprint density at radius 1 is 1.35 bits per heavy atom. The van der Waals surface area contributed by atoms with Crippen LogP contribution in [0.2, 0.25) is 0 Å².